The zero-order valence-electron chi connectivity index (χ0n) is 23.5. The van der Waals surface area contributed by atoms with Crippen molar-refractivity contribution in [2.24, 2.45) is 11.3 Å². The first-order valence-corrected chi connectivity index (χ1v) is 16.2. The summed E-state index contributed by atoms with van der Waals surface area (Å²) in [5, 5.41) is 10.9. The lowest BCUT2D eigenvalue weighted by atomic mass is 9.52. The first kappa shape index (κ1) is 26.3. The SMILES string of the molecule is COCc1nc(-c2cccc(NC(=O)C3CCCCC3)c2CC23CCC(c4nc(C5CC5)no4)(CC2)CC3)cs1. The molecular weight excluding hydrogens is 520 g/mol. The van der Waals surface area contributed by atoms with Crippen LogP contribution in [0.1, 0.15) is 112 Å². The monoisotopic (exact) mass is 560 g/mol. The number of amides is 1. The van der Waals surface area contributed by atoms with Gasteiger partial charge >= 0.3 is 0 Å². The minimum Gasteiger partial charge on any atom is -0.378 e. The summed E-state index contributed by atoms with van der Waals surface area (Å²) < 4.78 is 11.2. The van der Waals surface area contributed by atoms with E-state index in [4.69, 9.17) is 19.2 Å². The van der Waals surface area contributed by atoms with Crippen molar-refractivity contribution in [3.8, 4) is 11.3 Å². The third-order valence-corrected chi connectivity index (χ3v) is 11.1. The Morgan fingerprint density at radius 1 is 1.05 bits per heavy atom. The molecular formula is C32H40N4O3S. The van der Waals surface area contributed by atoms with E-state index in [0.29, 0.717) is 12.5 Å². The number of methoxy groups -OCH3 is 1. The first-order valence-electron chi connectivity index (χ1n) is 15.3. The highest BCUT2D eigenvalue weighted by molar-refractivity contribution is 7.09. The predicted octanol–water partition coefficient (Wildman–Crippen LogP) is 7.57. The average Bonchev–Trinajstić information content (AvgIpc) is 3.52. The summed E-state index contributed by atoms with van der Waals surface area (Å²) in [7, 11) is 1.71. The molecule has 8 rings (SSSR count). The molecule has 1 aromatic carbocycles. The lowest BCUT2D eigenvalue weighted by Gasteiger charge is -2.52. The zero-order valence-corrected chi connectivity index (χ0v) is 24.4. The molecule has 0 spiro atoms. The maximum absolute atomic E-state index is 13.4. The Labute approximate surface area is 240 Å². The third-order valence-electron chi connectivity index (χ3n) is 10.3. The molecule has 0 atom stereocenters. The van der Waals surface area contributed by atoms with Gasteiger partial charge in [0.15, 0.2) is 5.82 Å². The van der Waals surface area contributed by atoms with Crippen LogP contribution in [0.25, 0.3) is 11.3 Å². The number of hydrogen-bond donors (Lipinski definition) is 1. The van der Waals surface area contributed by atoms with Crippen LogP contribution in [-0.4, -0.2) is 28.1 Å². The van der Waals surface area contributed by atoms with Gasteiger partial charge in [-0.05, 0) is 87.7 Å². The molecule has 5 fully saturated rings. The molecule has 2 bridgehead atoms. The second-order valence-corrected chi connectivity index (χ2v) is 13.8. The number of aromatic nitrogens is 3. The Morgan fingerprint density at radius 3 is 2.55 bits per heavy atom. The van der Waals surface area contributed by atoms with E-state index in [2.05, 4.69) is 34.1 Å². The maximum Gasteiger partial charge on any atom is 0.232 e. The highest BCUT2D eigenvalue weighted by Crippen LogP contribution is 2.59. The molecule has 0 aliphatic heterocycles. The highest BCUT2D eigenvalue weighted by atomic mass is 32.1. The molecule has 0 unspecified atom stereocenters. The number of fused-ring (bicyclic) bond motifs is 3. The number of thiazole rings is 1. The molecule has 5 saturated carbocycles. The van der Waals surface area contributed by atoms with Gasteiger partial charge in [-0.1, -0.05) is 36.6 Å². The first-order chi connectivity index (χ1) is 19.6. The summed E-state index contributed by atoms with van der Waals surface area (Å²) in [6.07, 6.45) is 15.6. The van der Waals surface area contributed by atoms with Crippen LogP contribution in [0.5, 0.6) is 0 Å². The van der Waals surface area contributed by atoms with Crippen molar-refractivity contribution >= 4 is 22.9 Å². The topological polar surface area (TPSA) is 90.1 Å². The van der Waals surface area contributed by atoms with E-state index in [1.807, 2.05) is 0 Å². The van der Waals surface area contributed by atoms with Gasteiger partial charge in [0, 0.05) is 41.0 Å². The Balaban J connectivity index is 1.16. The van der Waals surface area contributed by atoms with Gasteiger partial charge in [0.05, 0.1) is 12.3 Å². The Kier molecular flexibility index (Phi) is 7.03. The molecule has 2 heterocycles. The smallest absolute Gasteiger partial charge is 0.232 e. The van der Waals surface area contributed by atoms with Crippen LogP contribution in [0, 0.1) is 11.3 Å². The molecule has 2 aromatic heterocycles. The van der Waals surface area contributed by atoms with Crippen molar-refractivity contribution in [3.63, 3.8) is 0 Å². The normalized spacial score (nSPS) is 26.7. The van der Waals surface area contributed by atoms with E-state index in [1.54, 1.807) is 18.4 Å². The van der Waals surface area contributed by atoms with Crippen molar-refractivity contribution in [3.05, 3.63) is 45.9 Å². The van der Waals surface area contributed by atoms with Crippen LogP contribution in [0.3, 0.4) is 0 Å². The summed E-state index contributed by atoms with van der Waals surface area (Å²) in [5.74, 6) is 2.64. The zero-order chi connectivity index (χ0) is 27.2. The number of rotatable bonds is 9. The number of nitrogens with zero attached hydrogens (tertiary/aromatic N) is 3. The van der Waals surface area contributed by atoms with Crippen molar-refractivity contribution in [1.82, 2.24) is 15.1 Å². The van der Waals surface area contributed by atoms with Crippen molar-refractivity contribution < 1.29 is 14.1 Å². The standard InChI is InChI=1S/C32H40N4O3S/c1-38-19-27-33-26(20-40-27)23-8-5-9-25(34-29(37)22-6-3-2-4-7-22)24(23)18-31-12-15-32(16-13-31,17-14-31)30-35-28(36-39-30)21-10-11-21/h5,8-9,20-22H,2-4,6-7,10-19H2,1H3,(H,34,37). The summed E-state index contributed by atoms with van der Waals surface area (Å²) in [6, 6.07) is 6.36. The number of hydrogen-bond acceptors (Lipinski definition) is 7. The Morgan fingerprint density at radius 2 is 1.82 bits per heavy atom. The fourth-order valence-corrected chi connectivity index (χ4v) is 8.30. The largest absolute Gasteiger partial charge is 0.378 e. The van der Waals surface area contributed by atoms with Gasteiger partial charge in [-0.15, -0.1) is 11.3 Å². The molecule has 0 saturated heterocycles. The predicted molar refractivity (Wildman–Crippen MR) is 155 cm³/mol. The fraction of sp³-hybridized carbons (Fsp3) is 0.625. The number of anilines is 1. The van der Waals surface area contributed by atoms with Crippen LogP contribution in [0.15, 0.2) is 28.1 Å². The molecule has 7 nitrogen and oxygen atoms in total. The van der Waals surface area contributed by atoms with Crippen LogP contribution >= 0.6 is 11.3 Å². The number of ether oxygens (including phenoxy) is 1. The van der Waals surface area contributed by atoms with Gasteiger partial charge in [-0.25, -0.2) is 4.98 Å². The van der Waals surface area contributed by atoms with E-state index in [9.17, 15) is 4.79 Å². The molecule has 40 heavy (non-hydrogen) atoms. The maximum atomic E-state index is 13.4. The fourth-order valence-electron chi connectivity index (χ4n) is 7.54. The number of carbonyl (C=O) groups excluding carboxylic acids is 1. The number of carbonyl (C=O) groups is 1. The van der Waals surface area contributed by atoms with E-state index in [-0.39, 0.29) is 22.7 Å². The van der Waals surface area contributed by atoms with Gasteiger partial charge in [0.1, 0.15) is 5.01 Å². The summed E-state index contributed by atoms with van der Waals surface area (Å²) in [6.45, 7) is 0.516. The van der Waals surface area contributed by atoms with Gasteiger partial charge in [0.25, 0.3) is 0 Å². The summed E-state index contributed by atoms with van der Waals surface area (Å²) in [4.78, 5) is 23.2. The van der Waals surface area contributed by atoms with Gasteiger partial charge < -0.3 is 14.6 Å². The third kappa shape index (κ3) is 5.02. The second-order valence-electron chi connectivity index (χ2n) is 12.9. The summed E-state index contributed by atoms with van der Waals surface area (Å²) >= 11 is 1.64. The average molecular weight is 561 g/mol. The van der Waals surface area contributed by atoms with Crippen molar-refractivity contribution in [2.75, 3.05) is 12.4 Å². The minimum atomic E-state index is 0.0450. The van der Waals surface area contributed by atoms with E-state index < -0.39 is 0 Å². The number of nitrogens with one attached hydrogen (secondary N) is 1. The quantitative estimate of drug-likeness (QED) is 0.290. The van der Waals surface area contributed by atoms with Crippen LogP contribution in [0.4, 0.5) is 5.69 Å². The molecule has 1 N–H and O–H groups in total. The van der Waals surface area contributed by atoms with Gasteiger partial charge in [0.2, 0.25) is 11.8 Å². The Hall–Kier alpha value is -2.58. The van der Waals surface area contributed by atoms with Gasteiger partial charge in [-0.2, -0.15) is 4.98 Å². The minimum absolute atomic E-state index is 0.0450. The molecule has 5 aliphatic carbocycles. The van der Waals surface area contributed by atoms with Crippen LogP contribution < -0.4 is 5.32 Å². The van der Waals surface area contributed by atoms with E-state index >= 15 is 0 Å². The summed E-state index contributed by atoms with van der Waals surface area (Å²) in [5.41, 5.74) is 4.59. The lowest BCUT2D eigenvalue weighted by molar-refractivity contribution is -0.120. The molecule has 212 valence electrons. The van der Waals surface area contributed by atoms with Gasteiger partial charge in [-0.3, -0.25) is 4.79 Å². The highest BCUT2D eigenvalue weighted by Gasteiger charge is 2.52. The van der Waals surface area contributed by atoms with Crippen molar-refractivity contribution in [2.45, 2.75) is 108 Å². The molecule has 1 amide bonds. The molecule has 5 aliphatic rings. The van der Waals surface area contributed by atoms with Crippen molar-refractivity contribution in [1.29, 1.82) is 0 Å². The van der Waals surface area contributed by atoms with E-state index in [1.165, 1.54) is 24.8 Å². The number of benzene rings is 1. The Bertz CT molecular complexity index is 1350. The van der Waals surface area contributed by atoms with Crippen LogP contribution in [0.2, 0.25) is 0 Å². The molecule has 8 heteroatoms. The van der Waals surface area contributed by atoms with E-state index in [0.717, 1.165) is 104 Å². The van der Waals surface area contributed by atoms with Crippen LogP contribution in [-0.2, 0) is 28.0 Å². The molecule has 0 radical (unpaired) electrons. The second kappa shape index (κ2) is 10.7. The lowest BCUT2D eigenvalue weighted by Crippen LogP contribution is -2.45. The molecule has 3 aromatic rings.